The standard InChI is InChI=1S/C20H21N3O5/c1-11(2)28-17-7-15-14(6-12(17)8-21)16(20(25)26-3)9-22-19(15)27-10-13-4-5-18(24)23-13/h6-7,9,11,13H,4-5,10H2,1-3H3,(H,23,24)/t13-/m0/s1. The molecule has 1 aliphatic heterocycles. The zero-order chi connectivity index (χ0) is 20.3. The van der Waals surface area contributed by atoms with E-state index in [9.17, 15) is 14.9 Å². The number of amides is 1. The Bertz CT molecular complexity index is 964. The number of nitrogens with one attached hydrogen (secondary N) is 1. The lowest BCUT2D eigenvalue weighted by Gasteiger charge is -2.16. The highest BCUT2D eigenvalue weighted by Gasteiger charge is 2.23. The topological polar surface area (TPSA) is 111 Å². The molecule has 0 aliphatic carbocycles. The number of nitrogens with zero attached hydrogens (tertiary/aromatic N) is 2. The second-order valence-corrected chi connectivity index (χ2v) is 6.76. The molecule has 3 rings (SSSR count). The molecule has 0 saturated carbocycles. The lowest BCUT2D eigenvalue weighted by Crippen LogP contribution is -2.31. The molecule has 0 bridgehead atoms. The first-order chi connectivity index (χ1) is 13.4. The highest BCUT2D eigenvalue weighted by Crippen LogP contribution is 2.33. The number of fused-ring (bicyclic) bond motifs is 1. The van der Waals surface area contributed by atoms with Gasteiger partial charge in [0.15, 0.2) is 0 Å². The summed E-state index contributed by atoms with van der Waals surface area (Å²) in [6.45, 7) is 3.97. The molecule has 1 aromatic carbocycles. The van der Waals surface area contributed by atoms with E-state index in [1.165, 1.54) is 13.3 Å². The molecule has 8 heteroatoms. The third-order valence-corrected chi connectivity index (χ3v) is 4.35. The number of aromatic nitrogens is 1. The largest absolute Gasteiger partial charge is 0.490 e. The van der Waals surface area contributed by atoms with Gasteiger partial charge in [-0.3, -0.25) is 4.79 Å². The van der Waals surface area contributed by atoms with Crippen molar-refractivity contribution in [1.82, 2.24) is 10.3 Å². The summed E-state index contributed by atoms with van der Waals surface area (Å²) in [7, 11) is 1.28. The fraction of sp³-hybridized carbons (Fsp3) is 0.400. The van der Waals surface area contributed by atoms with Gasteiger partial charge in [-0.1, -0.05) is 0 Å². The summed E-state index contributed by atoms with van der Waals surface area (Å²) < 4.78 is 16.4. The molecule has 2 heterocycles. The van der Waals surface area contributed by atoms with E-state index >= 15 is 0 Å². The van der Waals surface area contributed by atoms with E-state index in [4.69, 9.17) is 14.2 Å². The minimum Gasteiger partial charge on any atom is -0.490 e. The molecule has 0 radical (unpaired) electrons. The number of esters is 1. The Balaban J connectivity index is 2.06. The van der Waals surface area contributed by atoms with E-state index in [2.05, 4.69) is 16.4 Å². The smallest absolute Gasteiger partial charge is 0.340 e. The molecule has 0 spiro atoms. The average molecular weight is 383 g/mol. The maximum absolute atomic E-state index is 12.1. The summed E-state index contributed by atoms with van der Waals surface area (Å²) in [6.07, 6.45) is 2.39. The van der Waals surface area contributed by atoms with Gasteiger partial charge in [0.2, 0.25) is 11.8 Å². The SMILES string of the molecule is COC(=O)c1cnc(OC[C@@H]2CCC(=O)N2)c2cc(OC(C)C)c(C#N)cc12. The van der Waals surface area contributed by atoms with Gasteiger partial charge in [0.25, 0.3) is 0 Å². The number of nitriles is 1. The van der Waals surface area contributed by atoms with E-state index in [1.807, 2.05) is 13.8 Å². The summed E-state index contributed by atoms with van der Waals surface area (Å²) in [5.74, 6) is 0.113. The number of rotatable bonds is 6. The summed E-state index contributed by atoms with van der Waals surface area (Å²) in [5, 5.41) is 13.3. The maximum atomic E-state index is 12.1. The van der Waals surface area contributed by atoms with Crippen LogP contribution in [-0.2, 0) is 9.53 Å². The molecule has 28 heavy (non-hydrogen) atoms. The third kappa shape index (κ3) is 3.98. The van der Waals surface area contributed by atoms with Crippen molar-refractivity contribution in [2.24, 2.45) is 0 Å². The molecule has 8 nitrogen and oxygen atoms in total. The van der Waals surface area contributed by atoms with Crippen LogP contribution in [0.2, 0.25) is 0 Å². The number of hydrogen-bond acceptors (Lipinski definition) is 7. The first kappa shape index (κ1) is 19.4. The van der Waals surface area contributed by atoms with Gasteiger partial charge in [-0.15, -0.1) is 0 Å². The van der Waals surface area contributed by atoms with E-state index in [-0.39, 0.29) is 30.2 Å². The third-order valence-electron chi connectivity index (χ3n) is 4.35. The van der Waals surface area contributed by atoms with E-state index in [0.717, 1.165) is 0 Å². The minimum atomic E-state index is -0.562. The van der Waals surface area contributed by atoms with Crippen LogP contribution in [0.3, 0.4) is 0 Å². The molecule has 0 unspecified atom stereocenters. The van der Waals surface area contributed by atoms with Gasteiger partial charge in [0.05, 0.1) is 30.4 Å². The van der Waals surface area contributed by atoms with Crippen molar-refractivity contribution < 1.29 is 23.8 Å². The Morgan fingerprint density at radius 2 is 2.18 bits per heavy atom. The number of hydrogen-bond donors (Lipinski definition) is 1. The van der Waals surface area contributed by atoms with Crippen molar-refractivity contribution in [2.45, 2.75) is 38.8 Å². The molecule has 2 aromatic rings. The molecular weight excluding hydrogens is 362 g/mol. The summed E-state index contributed by atoms with van der Waals surface area (Å²) in [6, 6.07) is 5.23. The second-order valence-electron chi connectivity index (χ2n) is 6.76. The quantitative estimate of drug-likeness (QED) is 0.762. The van der Waals surface area contributed by atoms with Crippen LogP contribution in [0.1, 0.15) is 42.6 Å². The second kappa shape index (κ2) is 8.13. The van der Waals surface area contributed by atoms with Crippen LogP contribution in [-0.4, -0.2) is 42.7 Å². The van der Waals surface area contributed by atoms with Crippen molar-refractivity contribution in [3.05, 3.63) is 29.5 Å². The molecule has 1 aromatic heterocycles. The van der Waals surface area contributed by atoms with Gasteiger partial charge in [-0.25, -0.2) is 9.78 Å². The zero-order valence-electron chi connectivity index (χ0n) is 15.9. The normalized spacial score (nSPS) is 16.0. The Morgan fingerprint density at radius 3 is 2.79 bits per heavy atom. The molecule has 1 amide bonds. The number of carbonyl (C=O) groups excluding carboxylic acids is 2. The number of benzene rings is 1. The Labute approximate surface area is 162 Å². The molecule has 1 aliphatic rings. The summed E-state index contributed by atoms with van der Waals surface area (Å²) in [5.41, 5.74) is 0.526. The molecule has 146 valence electrons. The van der Waals surface area contributed by atoms with Crippen molar-refractivity contribution >= 4 is 22.6 Å². The van der Waals surface area contributed by atoms with Crippen molar-refractivity contribution in [3.63, 3.8) is 0 Å². The number of carbonyl (C=O) groups is 2. The zero-order valence-corrected chi connectivity index (χ0v) is 15.9. The van der Waals surface area contributed by atoms with Crippen LogP contribution in [0, 0.1) is 11.3 Å². The van der Waals surface area contributed by atoms with Crippen LogP contribution in [0.4, 0.5) is 0 Å². The van der Waals surface area contributed by atoms with Gasteiger partial charge >= 0.3 is 5.97 Å². The number of pyridine rings is 1. The molecule has 1 atom stereocenters. The molecule has 1 saturated heterocycles. The fourth-order valence-electron chi connectivity index (χ4n) is 3.05. The predicted molar refractivity (Wildman–Crippen MR) is 100 cm³/mol. The lowest BCUT2D eigenvalue weighted by molar-refractivity contribution is -0.119. The van der Waals surface area contributed by atoms with Crippen LogP contribution in [0.25, 0.3) is 10.8 Å². The Kier molecular flexibility index (Phi) is 5.64. The van der Waals surface area contributed by atoms with Crippen LogP contribution < -0.4 is 14.8 Å². The molecule has 1 fully saturated rings. The van der Waals surface area contributed by atoms with Crippen LogP contribution in [0.15, 0.2) is 18.3 Å². The van der Waals surface area contributed by atoms with E-state index in [0.29, 0.717) is 40.8 Å². The van der Waals surface area contributed by atoms with Crippen LogP contribution in [0.5, 0.6) is 11.6 Å². The van der Waals surface area contributed by atoms with Crippen molar-refractivity contribution in [3.8, 4) is 17.7 Å². The Morgan fingerprint density at radius 1 is 1.39 bits per heavy atom. The maximum Gasteiger partial charge on any atom is 0.340 e. The van der Waals surface area contributed by atoms with Crippen LogP contribution >= 0.6 is 0 Å². The molecule has 1 N–H and O–H groups in total. The van der Waals surface area contributed by atoms with Gasteiger partial charge in [0.1, 0.15) is 18.4 Å². The van der Waals surface area contributed by atoms with E-state index < -0.39 is 5.97 Å². The summed E-state index contributed by atoms with van der Waals surface area (Å²) >= 11 is 0. The lowest BCUT2D eigenvalue weighted by atomic mass is 10.0. The predicted octanol–water partition coefficient (Wildman–Crippen LogP) is 2.34. The molecular formula is C20H21N3O5. The van der Waals surface area contributed by atoms with Gasteiger partial charge < -0.3 is 19.5 Å². The van der Waals surface area contributed by atoms with Gasteiger partial charge in [-0.2, -0.15) is 5.26 Å². The number of methoxy groups -OCH3 is 1. The van der Waals surface area contributed by atoms with Crippen molar-refractivity contribution in [1.29, 1.82) is 5.26 Å². The Hall–Kier alpha value is -3.34. The van der Waals surface area contributed by atoms with Gasteiger partial charge in [-0.05, 0) is 32.4 Å². The van der Waals surface area contributed by atoms with Gasteiger partial charge in [0, 0.05) is 23.4 Å². The monoisotopic (exact) mass is 383 g/mol. The average Bonchev–Trinajstić information content (AvgIpc) is 3.09. The highest BCUT2D eigenvalue weighted by molar-refractivity contribution is 6.06. The van der Waals surface area contributed by atoms with Crippen molar-refractivity contribution in [2.75, 3.05) is 13.7 Å². The highest BCUT2D eigenvalue weighted by atomic mass is 16.5. The fourth-order valence-corrected chi connectivity index (χ4v) is 3.05. The first-order valence-electron chi connectivity index (χ1n) is 8.97. The van der Waals surface area contributed by atoms with E-state index in [1.54, 1.807) is 12.1 Å². The first-order valence-corrected chi connectivity index (χ1v) is 8.97. The minimum absolute atomic E-state index is 0.00117. The number of ether oxygens (including phenoxy) is 3. The summed E-state index contributed by atoms with van der Waals surface area (Å²) in [4.78, 5) is 27.8.